The summed E-state index contributed by atoms with van der Waals surface area (Å²) in [6, 6.07) is 4.65. The molecule has 1 N–H and O–H groups in total. The molecule has 7 nitrogen and oxygen atoms in total. The van der Waals surface area contributed by atoms with Gasteiger partial charge in [0, 0.05) is 23.5 Å². The highest BCUT2D eigenvalue weighted by Crippen LogP contribution is 2.39. The van der Waals surface area contributed by atoms with Crippen LogP contribution in [0, 0.1) is 6.92 Å². The van der Waals surface area contributed by atoms with Gasteiger partial charge in [-0.3, -0.25) is 4.79 Å². The van der Waals surface area contributed by atoms with Gasteiger partial charge in [-0.05, 0) is 75.6 Å². The molecule has 0 bridgehead atoms. The van der Waals surface area contributed by atoms with E-state index < -0.39 is 21.9 Å². The molecule has 2 aliphatic rings. The molecule has 172 valence electrons. The Balaban J connectivity index is 1.66. The monoisotopic (exact) mass is 476 g/mol. The third-order valence-electron chi connectivity index (χ3n) is 6.03. The molecule has 1 aliphatic carbocycles. The Bertz CT molecular complexity index is 1150. The van der Waals surface area contributed by atoms with Crippen molar-refractivity contribution >= 4 is 38.2 Å². The Morgan fingerprint density at radius 2 is 1.84 bits per heavy atom. The van der Waals surface area contributed by atoms with Crippen molar-refractivity contribution in [1.82, 2.24) is 4.31 Å². The zero-order valence-electron chi connectivity index (χ0n) is 18.4. The van der Waals surface area contributed by atoms with Crippen molar-refractivity contribution in [2.45, 2.75) is 57.3 Å². The van der Waals surface area contributed by atoms with Crippen LogP contribution in [0.3, 0.4) is 0 Å². The standard InChI is InChI=1S/C23H28N2O5S2/c1-3-30-23(27)20-17-8-4-5-9-19(17)31-22(20)24-21(26)18-14-16(11-10-15(18)2)32(28,29)25-12-6-7-13-25/h10-11,14H,3-9,12-13H2,1-2H3,(H,24,26). The molecule has 9 heteroatoms. The van der Waals surface area contributed by atoms with Crippen LogP contribution < -0.4 is 5.32 Å². The maximum absolute atomic E-state index is 13.2. The van der Waals surface area contributed by atoms with Gasteiger partial charge in [0.1, 0.15) is 5.00 Å². The Kier molecular flexibility index (Phi) is 6.69. The smallest absolute Gasteiger partial charge is 0.341 e. The van der Waals surface area contributed by atoms with Crippen LogP contribution in [0.25, 0.3) is 0 Å². The number of nitrogens with one attached hydrogen (secondary N) is 1. The number of carbonyl (C=O) groups excluding carboxylic acids is 2. The van der Waals surface area contributed by atoms with E-state index in [0.29, 0.717) is 29.2 Å². The summed E-state index contributed by atoms with van der Waals surface area (Å²) in [6.07, 6.45) is 5.41. The number of hydrogen-bond donors (Lipinski definition) is 1. The van der Waals surface area contributed by atoms with Gasteiger partial charge in [0.2, 0.25) is 10.0 Å². The highest BCUT2D eigenvalue weighted by molar-refractivity contribution is 7.89. The molecule has 2 heterocycles. The fraction of sp³-hybridized carbons (Fsp3) is 0.478. The second kappa shape index (κ2) is 9.33. The molecule has 0 radical (unpaired) electrons. The van der Waals surface area contributed by atoms with Gasteiger partial charge in [0.15, 0.2) is 0 Å². The third-order valence-corrected chi connectivity index (χ3v) is 9.14. The number of sulfonamides is 1. The molecule has 2 aromatic rings. The van der Waals surface area contributed by atoms with Crippen LogP contribution >= 0.6 is 11.3 Å². The van der Waals surface area contributed by atoms with E-state index in [-0.39, 0.29) is 17.1 Å². The van der Waals surface area contributed by atoms with E-state index in [0.717, 1.165) is 49.0 Å². The van der Waals surface area contributed by atoms with E-state index in [2.05, 4.69) is 5.32 Å². The molecule has 1 aromatic carbocycles. The molecule has 0 atom stereocenters. The average Bonchev–Trinajstić information content (AvgIpc) is 3.42. The Morgan fingerprint density at radius 1 is 1.12 bits per heavy atom. The van der Waals surface area contributed by atoms with E-state index in [1.165, 1.54) is 21.7 Å². The van der Waals surface area contributed by atoms with Gasteiger partial charge < -0.3 is 10.1 Å². The summed E-state index contributed by atoms with van der Waals surface area (Å²) >= 11 is 1.42. The molecule has 1 saturated heterocycles. The molecule has 32 heavy (non-hydrogen) atoms. The number of aryl methyl sites for hydroxylation is 2. The summed E-state index contributed by atoms with van der Waals surface area (Å²) in [5.41, 5.74) is 2.36. The van der Waals surface area contributed by atoms with Crippen LogP contribution in [0.1, 0.15) is 69.3 Å². The summed E-state index contributed by atoms with van der Waals surface area (Å²) in [6.45, 7) is 4.78. The first-order valence-electron chi connectivity index (χ1n) is 11.1. The molecule has 1 aromatic heterocycles. The predicted octanol–water partition coefficient (Wildman–Crippen LogP) is 4.15. The largest absolute Gasteiger partial charge is 0.462 e. The number of nitrogens with zero attached hydrogens (tertiary/aromatic N) is 1. The van der Waals surface area contributed by atoms with Crippen LogP contribution in [0.4, 0.5) is 5.00 Å². The van der Waals surface area contributed by atoms with Gasteiger partial charge in [-0.25, -0.2) is 13.2 Å². The zero-order valence-corrected chi connectivity index (χ0v) is 20.0. The van der Waals surface area contributed by atoms with Crippen molar-refractivity contribution in [1.29, 1.82) is 0 Å². The number of carbonyl (C=O) groups is 2. The number of benzene rings is 1. The van der Waals surface area contributed by atoms with Crippen molar-refractivity contribution in [3.8, 4) is 0 Å². The first-order chi connectivity index (χ1) is 15.3. The highest BCUT2D eigenvalue weighted by atomic mass is 32.2. The number of anilines is 1. The van der Waals surface area contributed by atoms with Crippen LogP contribution in [-0.2, 0) is 27.6 Å². The van der Waals surface area contributed by atoms with Crippen molar-refractivity contribution in [2.24, 2.45) is 0 Å². The highest BCUT2D eigenvalue weighted by Gasteiger charge is 2.30. The molecular weight excluding hydrogens is 448 g/mol. The maximum atomic E-state index is 13.2. The normalized spacial score (nSPS) is 16.6. The molecule has 0 saturated carbocycles. The first-order valence-corrected chi connectivity index (χ1v) is 13.3. The lowest BCUT2D eigenvalue weighted by atomic mass is 9.95. The summed E-state index contributed by atoms with van der Waals surface area (Å²) in [4.78, 5) is 27.1. The van der Waals surface area contributed by atoms with Crippen molar-refractivity contribution in [2.75, 3.05) is 25.0 Å². The quantitative estimate of drug-likeness (QED) is 0.633. The van der Waals surface area contributed by atoms with Gasteiger partial charge in [-0.2, -0.15) is 4.31 Å². The summed E-state index contributed by atoms with van der Waals surface area (Å²) in [5, 5.41) is 3.36. The SMILES string of the molecule is CCOC(=O)c1c(NC(=O)c2cc(S(=O)(=O)N3CCCC3)ccc2C)sc2c1CCCC2. The Labute approximate surface area is 192 Å². The predicted molar refractivity (Wildman–Crippen MR) is 124 cm³/mol. The number of esters is 1. The van der Waals surface area contributed by atoms with Crippen LogP contribution in [0.15, 0.2) is 23.1 Å². The molecule has 4 rings (SSSR count). The van der Waals surface area contributed by atoms with Crippen LogP contribution in [0.2, 0.25) is 0 Å². The fourth-order valence-corrected chi connectivity index (χ4v) is 7.14. The molecule has 1 fully saturated rings. The van der Waals surface area contributed by atoms with E-state index in [1.807, 2.05) is 0 Å². The molecule has 1 amide bonds. The Morgan fingerprint density at radius 3 is 2.56 bits per heavy atom. The number of amides is 1. The minimum Gasteiger partial charge on any atom is -0.462 e. The van der Waals surface area contributed by atoms with Gasteiger partial charge in [-0.15, -0.1) is 11.3 Å². The summed E-state index contributed by atoms with van der Waals surface area (Å²) in [5.74, 6) is -0.852. The first kappa shape index (κ1) is 22.9. The van der Waals surface area contributed by atoms with Crippen LogP contribution in [-0.4, -0.2) is 44.3 Å². The van der Waals surface area contributed by atoms with Gasteiger partial charge in [0.25, 0.3) is 5.91 Å². The van der Waals surface area contributed by atoms with E-state index in [1.54, 1.807) is 26.0 Å². The van der Waals surface area contributed by atoms with E-state index in [4.69, 9.17) is 4.74 Å². The van der Waals surface area contributed by atoms with Gasteiger partial charge in [0.05, 0.1) is 17.1 Å². The average molecular weight is 477 g/mol. The summed E-state index contributed by atoms with van der Waals surface area (Å²) < 4.78 is 32.6. The molecule has 1 aliphatic heterocycles. The fourth-order valence-electron chi connectivity index (χ4n) is 4.33. The van der Waals surface area contributed by atoms with Crippen molar-refractivity contribution in [3.63, 3.8) is 0 Å². The number of hydrogen-bond acceptors (Lipinski definition) is 6. The molecule has 0 spiro atoms. The molecule has 0 unspecified atom stereocenters. The molecular formula is C23H28N2O5S2. The minimum atomic E-state index is -3.63. The van der Waals surface area contributed by atoms with E-state index in [9.17, 15) is 18.0 Å². The Hall–Kier alpha value is -2.23. The topological polar surface area (TPSA) is 92.8 Å². The lowest BCUT2D eigenvalue weighted by Gasteiger charge is -2.17. The second-order valence-corrected chi connectivity index (χ2v) is 11.2. The third kappa shape index (κ3) is 4.33. The number of thiophene rings is 1. The van der Waals surface area contributed by atoms with Crippen LogP contribution in [0.5, 0.6) is 0 Å². The number of ether oxygens (including phenoxy) is 1. The summed E-state index contributed by atoms with van der Waals surface area (Å²) in [7, 11) is -3.63. The number of fused-ring (bicyclic) bond motifs is 1. The van der Waals surface area contributed by atoms with Gasteiger partial charge >= 0.3 is 5.97 Å². The van der Waals surface area contributed by atoms with Crippen molar-refractivity contribution < 1.29 is 22.7 Å². The zero-order chi connectivity index (χ0) is 22.9. The van der Waals surface area contributed by atoms with Crippen molar-refractivity contribution in [3.05, 3.63) is 45.3 Å². The van der Waals surface area contributed by atoms with E-state index >= 15 is 0 Å². The second-order valence-electron chi connectivity index (χ2n) is 8.18. The maximum Gasteiger partial charge on any atom is 0.341 e. The number of rotatable bonds is 6. The lowest BCUT2D eigenvalue weighted by molar-refractivity contribution is 0.0526. The lowest BCUT2D eigenvalue weighted by Crippen LogP contribution is -2.28. The minimum absolute atomic E-state index is 0.117. The van der Waals surface area contributed by atoms with Gasteiger partial charge in [-0.1, -0.05) is 6.07 Å².